The lowest BCUT2D eigenvalue weighted by Gasteiger charge is -2.57. The van der Waals surface area contributed by atoms with Gasteiger partial charge in [0.2, 0.25) is 0 Å². The number of hydrogen-bond acceptors (Lipinski definition) is 16. The van der Waals surface area contributed by atoms with Crippen molar-refractivity contribution in [3.8, 4) is 0 Å². The van der Waals surface area contributed by atoms with Crippen LogP contribution in [-0.2, 0) is 55.9 Å². The van der Waals surface area contributed by atoms with E-state index in [2.05, 4.69) is 0 Å². The highest BCUT2D eigenvalue weighted by molar-refractivity contribution is 6.64. The Labute approximate surface area is 224 Å². The van der Waals surface area contributed by atoms with Crippen molar-refractivity contribution in [2.75, 3.05) is 46.2 Å². The Balaban J connectivity index is 1.57. The molecular weight excluding hydrogens is 548 g/mol. The molecule has 0 bridgehead atoms. The van der Waals surface area contributed by atoms with Gasteiger partial charge in [-0.1, -0.05) is 13.8 Å². The van der Waals surface area contributed by atoms with Gasteiger partial charge in [0.1, 0.15) is 32.5 Å². The predicted octanol–water partition coefficient (Wildman–Crippen LogP) is 1.62. The second-order valence-corrected chi connectivity index (χ2v) is 13.4. The lowest BCUT2D eigenvalue weighted by atomic mass is 10.0. The molecule has 17 heteroatoms. The highest BCUT2D eigenvalue weighted by Gasteiger charge is 2.50. The van der Waals surface area contributed by atoms with Gasteiger partial charge >= 0.3 is 33.4 Å². The van der Waals surface area contributed by atoms with Crippen LogP contribution in [0.15, 0.2) is 0 Å². The van der Waals surface area contributed by atoms with E-state index in [1.165, 1.54) is 0 Å². The van der Waals surface area contributed by atoms with Gasteiger partial charge in [-0.2, -0.15) is 0 Å². The molecule has 4 rings (SSSR count). The van der Waals surface area contributed by atoms with Crippen LogP contribution in [0.4, 0.5) is 19.2 Å². The molecule has 0 aromatic heterocycles. The van der Waals surface area contributed by atoms with Crippen molar-refractivity contribution in [1.29, 1.82) is 0 Å². The fourth-order valence-electron chi connectivity index (χ4n) is 4.13. The van der Waals surface area contributed by atoms with Gasteiger partial charge in [-0.05, 0) is 13.8 Å². The molecule has 4 unspecified atom stereocenters. The lowest BCUT2D eigenvalue weighted by Crippen LogP contribution is -2.67. The summed E-state index contributed by atoms with van der Waals surface area (Å²) in [7, 11) is -4.09. The van der Waals surface area contributed by atoms with Crippen LogP contribution in [0.1, 0.15) is 34.1 Å². The second-order valence-electron chi connectivity index (χ2n) is 10.3. The van der Waals surface area contributed by atoms with E-state index in [0.717, 1.165) is 0 Å². The zero-order chi connectivity index (χ0) is 28.3. The number of carbonyl (C=O) groups is 4. The molecule has 0 radical (unpaired) electrons. The highest BCUT2D eigenvalue weighted by atomic mass is 28.4. The van der Waals surface area contributed by atoms with Crippen LogP contribution < -0.4 is 0 Å². The first-order valence-electron chi connectivity index (χ1n) is 12.3. The van der Waals surface area contributed by atoms with Gasteiger partial charge in [-0.15, -0.1) is 0 Å². The normalized spacial score (nSPS) is 28.4. The van der Waals surface area contributed by atoms with Crippen molar-refractivity contribution in [1.82, 2.24) is 0 Å². The fraction of sp³-hybridized carbons (Fsp3) is 0.818. The van der Waals surface area contributed by atoms with Crippen molar-refractivity contribution >= 4 is 33.4 Å². The monoisotopic (exact) mass is 580 g/mol. The van der Waals surface area contributed by atoms with Gasteiger partial charge in [-0.3, -0.25) is 0 Å². The summed E-state index contributed by atoms with van der Waals surface area (Å²) in [6.45, 7) is 6.33. The fourth-order valence-corrected chi connectivity index (χ4v) is 7.15. The van der Waals surface area contributed by atoms with E-state index in [4.69, 9.17) is 55.9 Å². The maximum absolute atomic E-state index is 11.5. The van der Waals surface area contributed by atoms with E-state index in [1.807, 2.05) is 0 Å². The number of hydrogen-bond donors (Lipinski definition) is 0. The van der Waals surface area contributed by atoms with Crippen LogP contribution in [0.25, 0.3) is 0 Å². The van der Waals surface area contributed by atoms with Crippen molar-refractivity contribution in [3.63, 3.8) is 0 Å². The molecule has 4 heterocycles. The summed E-state index contributed by atoms with van der Waals surface area (Å²) in [6.07, 6.45) is -5.85. The Hall–Kier alpha value is -2.86. The molecule has 39 heavy (non-hydrogen) atoms. The Kier molecular flexibility index (Phi) is 8.74. The summed E-state index contributed by atoms with van der Waals surface area (Å²) in [6, 6.07) is 0. The summed E-state index contributed by atoms with van der Waals surface area (Å²) >= 11 is 0. The molecule has 0 aromatic rings. The average molecular weight is 581 g/mol. The van der Waals surface area contributed by atoms with Gasteiger partial charge < -0.3 is 55.9 Å². The maximum Gasteiger partial charge on any atom is 0.508 e. The maximum atomic E-state index is 11.5. The summed E-state index contributed by atoms with van der Waals surface area (Å²) in [5.74, 6) is 0. The molecular formula is C22H32O16Si-. The first kappa shape index (κ1) is 29.1. The van der Waals surface area contributed by atoms with Crippen molar-refractivity contribution in [2.24, 2.45) is 0 Å². The average Bonchev–Trinajstić information content (AvgIpc) is 3.64. The number of carbonyl (C=O) groups excluding carboxylic acids is 4. The molecule has 0 amide bonds. The molecule has 0 aromatic carbocycles. The second kappa shape index (κ2) is 11.7. The smallest absolute Gasteiger partial charge is 0.508 e. The van der Waals surface area contributed by atoms with E-state index < -0.39 is 68.7 Å². The van der Waals surface area contributed by atoms with Crippen LogP contribution >= 0.6 is 0 Å². The van der Waals surface area contributed by atoms with Crippen LogP contribution in [-0.4, -0.2) is 115 Å². The molecule has 4 atom stereocenters. The third-order valence-corrected chi connectivity index (χ3v) is 9.55. The zero-order valence-corrected chi connectivity index (χ0v) is 23.0. The van der Waals surface area contributed by atoms with Gasteiger partial charge in [0.05, 0.1) is 6.61 Å². The Bertz CT molecular complexity index is 907. The standard InChI is InChI=1S/C22H32O16Si/c1-21(2,5-13-6-27-17(23)34-13)38-39(32-11-15-8-29-19(25)36-15,33-12-16-9-30-20(26)37-16)22(3,4)31-10-14-7-28-18(24)35-14/h13-16H,5-12H2,1-4H3/q-1. The van der Waals surface area contributed by atoms with E-state index in [-0.39, 0.29) is 52.7 Å². The topological polar surface area (TPSA) is 179 Å². The summed E-state index contributed by atoms with van der Waals surface area (Å²) in [5.41, 5.74) is -1.04. The quantitative estimate of drug-likeness (QED) is 0.164. The van der Waals surface area contributed by atoms with Crippen LogP contribution in [0.5, 0.6) is 0 Å². The summed E-state index contributed by atoms with van der Waals surface area (Å²) < 4.78 is 65.3. The number of ether oxygens (including phenoxy) is 9. The Morgan fingerprint density at radius 3 is 1.41 bits per heavy atom. The first-order chi connectivity index (χ1) is 18.3. The van der Waals surface area contributed by atoms with Gasteiger partial charge in [0.15, 0.2) is 18.3 Å². The summed E-state index contributed by atoms with van der Waals surface area (Å²) in [5, 5.41) is -1.32. The molecule has 0 N–H and O–H groups in total. The molecule has 16 nitrogen and oxygen atoms in total. The van der Waals surface area contributed by atoms with E-state index >= 15 is 0 Å². The third kappa shape index (κ3) is 7.62. The van der Waals surface area contributed by atoms with Gasteiger partial charge in [-0.25, -0.2) is 19.2 Å². The summed E-state index contributed by atoms with van der Waals surface area (Å²) in [4.78, 5) is 45.8. The van der Waals surface area contributed by atoms with Crippen molar-refractivity contribution in [2.45, 2.75) is 69.4 Å². The zero-order valence-electron chi connectivity index (χ0n) is 22.0. The molecule has 0 aliphatic carbocycles. The molecule has 0 spiro atoms. The lowest BCUT2D eigenvalue weighted by molar-refractivity contribution is -0.113. The van der Waals surface area contributed by atoms with E-state index in [1.54, 1.807) is 27.7 Å². The molecule has 0 saturated carbocycles. The van der Waals surface area contributed by atoms with Gasteiger partial charge in [0, 0.05) is 30.5 Å². The largest absolute Gasteiger partial charge is 0.520 e. The highest BCUT2D eigenvalue weighted by Crippen LogP contribution is 2.36. The van der Waals surface area contributed by atoms with Crippen LogP contribution in [0, 0.1) is 0 Å². The minimum Gasteiger partial charge on any atom is -0.520 e. The Morgan fingerprint density at radius 1 is 0.641 bits per heavy atom. The van der Waals surface area contributed by atoms with Crippen LogP contribution in [0.2, 0.25) is 0 Å². The SMILES string of the molecule is CC(C)(CC1COC(=O)O1)O[Si-](OCC1COC(=O)O1)(OCC1COC(=O)O1)C(C)(C)OCC1COC(=O)O1. The minimum atomic E-state index is -4.09. The molecule has 4 saturated heterocycles. The minimum absolute atomic E-state index is 0.00465. The molecule has 4 fully saturated rings. The first-order valence-corrected chi connectivity index (χ1v) is 14.0. The molecule has 4 aliphatic heterocycles. The van der Waals surface area contributed by atoms with Crippen molar-refractivity contribution in [3.05, 3.63) is 0 Å². The van der Waals surface area contributed by atoms with Gasteiger partial charge in [0.25, 0.3) is 0 Å². The van der Waals surface area contributed by atoms with E-state index in [0.29, 0.717) is 0 Å². The van der Waals surface area contributed by atoms with Crippen molar-refractivity contribution < 1.29 is 75.1 Å². The predicted molar refractivity (Wildman–Crippen MR) is 122 cm³/mol. The third-order valence-electron chi connectivity index (χ3n) is 6.02. The molecule has 221 valence electrons. The van der Waals surface area contributed by atoms with Crippen LogP contribution in [0.3, 0.4) is 0 Å². The Morgan fingerprint density at radius 2 is 1.03 bits per heavy atom. The number of rotatable bonds is 14. The number of cyclic esters (lactones) is 8. The molecule has 4 aliphatic rings. The van der Waals surface area contributed by atoms with E-state index in [9.17, 15) is 19.2 Å².